The Labute approximate surface area is 191 Å². The zero-order valence-corrected chi connectivity index (χ0v) is 21.1. The fraction of sp³-hybridized carbons (Fsp3) is 0.867. The van der Waals surface area contributed by atoms with Crippen molar-refractivity contribution in [1.82, 2.24) is 0 Å². The van der Waals surface area contributed by atoms with Crippen LogP contribution in [-0.4, -0.2) is 13.2 Å². The average Bonchev–Trinajstić information content (AvgIpc) is 3.37. The lowest BCUT2D eigenvalue weighted by molar-refractivity contribution is 0.0468. The molecule has 0 radical (unpaired) electrons. The minimum absolute atomic E-state index is 0.621. The van der Waals surface area contributed by atoms with Crippen LogP contribution in [0.3, 0.4) is 0 Å². The molecule has 10 atom stereocenters. The lowest BCUT2D eigenvalue weighted by atomic mass is 9.58. The minimum atomic E-state index is 0.621. The lowest BCUT2D eigenvalue weighted by Crippen LogP contribution is -2.38. The highest BCUT2D eigenvalue weighted by Gasteiger charge is 2.63. The van der Waals surface area contributed by atoms with Gasteiger partial charge in [0.2, 0.25) is 0 Å². The quantitative estimate of drug-likeness (QED) is 0.420. The second kappa shape index (κ2) is 6.97. The number of fused-ring (bicyclic) bond motifs is 6. The first-order valence-electron chi connectivity index (χ1n) is 13.7. The summed E-state index contributed by atoms with van der Waals surface area (Å²) in [4.78, 5) is 0. The minimum Gasteiger partial charge on any atom is -0.373 e. The molecule has 6 rings (SSSR count). The molecule has 0 aromatic heterocycles. The van der Waals surface area contributed by atoms with Crippen molar-refractivity contribution >= 4 is 0 Å². The number of hydrogen-bond acceptors (Lipinski definition) is 1. The second-order valence-electron chi connectivity index (χ2n) is 13.5. The van der Waals surface area contributed by atoms with Gasteiger partial charge < -0.3 is 4.74 Å². The van der Waals surface area contributed by atoms with E-state index in [1.807, 2.05) is 11.1 Å². The molecule has 0 unspecified atom stereocenters. The van der Waals surface area contributed by atoms with E-state index in [0.29, 0.717) is 10.8 Å². The van der Waals surface area contributed by atoms with E-state index in [4.69, 9.17) is 4.74 Å². The number of hydrogen-bond donors (Lipinski definition) is 0. The predicted molar refractivity (Wildman–Crippen MR) is 129 cm³/mol. The molecule has 0 saturated heterocycles. The highest BCUT2D eigenvalue weighted by Crippen LogP contribution is 2.71. The topological polar surface area (TPSA) is 9.23 Å². The summed E-state index contributed by atoms with van der Waals surface area (Å²) < 4.78 is 6.51. The van der Waals surface area contributed by atoms with Crippen LogP contribution < -0.4 is 0 Å². The standard InChI is InChI=1S/C30H46O/c1-17-7-9-21-25(17)27(23-11-13-29(21,23)5)19(3)15-31-16-20(4)28-24-12-14-30(24,6)22-10-8-18(2)26(22)28/h17-18,21-26H,7-16H2,1-6H3/b27-19+,28-20+/t17-,18-,21+,22+,23+,24+,25-,26-,29-,30-/m1/s1. The van der Waals surface area contributed by atoms with Crippen LogP contribution in [-0.2, 0) is 4.74 Å². The Balaban J connectivity index is 1.19. The van der Waals surface area contributed by atoms with Crippen molar-refractivity contribution in [3.8, 4) is 0 Å². The maximum absolute atomic E-state index is 6.51. The first-order valence-corrected chi connectivity index (χ1v) is 13.7. The summed E-state index contributed by atoms with van der Waals surface area (Å²) in [5.74, 6) is 7.18. The van der Waals surface area contributed by atoms with Crippen LogP contribution in [0.2, 0.25) is 0 Å². The van der Waals surface area contributed by atoms with Gasteiger partial charge in [-0.25, -0.2) is 0 Å². The Morgan fingerprint density at radius 2 is 1.13 bits per heavy atom. The van der Waals surface area contributed by atoms with E-state index < -0.39 is 0 Å². The third-order valence-electron chi connectivity index (χ3n) is 12.3. The smallest absolute Gasteiger partial charge is 0.0681 e. The predicted octanol–water partition coefficient (Wildman–Crippen LogP) is 7.82. The molecule has 0 aliphatic heterocycles. The van der Waals surface area contributed by atoms with Gasteiger partial charge in [0.1, 0.15) is 0 Å². The Morgan fingerprint density at radius 1 is 0.710 bits per heavy atom. The molecule has 0 amide bonds. The zero-order chi connectivity index (χ0) is 21.7. The van der Waals surface area contributed by atoms with Gasteiger partial charge in [0.25, 0.3) is 0 Å². The van der Waals surface area contributed by atoms with Crippen LogP contribution in [0.25, 0.3) is 0 Å². The van der Waals surface area contributed by atoms with Gasteiger partial charge in [-0.2, -0.15) is 0 Å². The summed E-state index contributed by atoms with van der Waals surface area (Å²) in [7, 11) is 0. The monoisotopic (exact) mass is 422 g/mol. The van der Waals surface area contributed by atoms with Gasteiger partial charge in [0.15, 0.2) is 0 Å². The van der Waals surface area contributed by atoms with Crippen LogP contribution in [0.4, 0.5) is 0 Å². The molecule has 6 aliphatic carbocycles. The highest BCUT2D eigenvalue weighted by atomic mass is 16.5. The summed E-state index contributed by atoms with van der Waals surface area (Å²) in [5.41, 5.74) is 8.15. The van der Waals surface area contributed by atoms with E-state index >= 15 is 0 Å². The molecule has 6 saturated carbocycles. The van der Waals surface area contributed by atoms with E-state index in [2.05, 4.69) is 41.5 Å². The van der Waals surface area contributed by atoms with Crippen LogP contribution in [0.15, 0.2) is 22.3 Å². The van der Waals surface area contributed by atoms with E-state index in [0.717, 1.165) is 60.6 Å². The molecule has 172 valence electrons. The molecule has 0 heterocycles. The van der Waals surface area contributed by atoms with Crippen LogP contribution in [0, 0.1) is 58.2 Å². The van der Waals surface area contributed by atoms with Gasteiger partial charge in [-0.15, -0.1) is 0 Å². The molecule has 0 aromatic rings. The van der Waals surface area contributed by atoms with Crippen LogP contribution in [0.5, 0.6) is 0 Å². The average molecular weight is 423 g/mol. The van der Waals surface area contributed by atoms with Crippen molar-refractivity contribution in [2.75, 3.05) is 13.2 Å². The fourth-order valence-electron chi connectivity index (χ4n) is 10.5. The lowest BCUT2D eigenvalue weighted by Gasteiger charge is -2.46. The first kappa shape index (κ1) is 21.0. The number of ether oxygens (including phenoxy) is 1. The molecule has 0 aromatic carbocycles. The largest absolute Gasteiger partial charge is 0.373 e. The van der Waals surface area contributed by atoms with Crippen molar-refractivity contribution in [3.05, 3.63) is 22.3 Å². The van der Waals surface area contributed by atoms with Gasteiger partial charge >= 0.3 is 0 Å². The van der Waals surface area contributed by atoms with Crippen LogP contribution in [0.1, 0.15) is 92.9 Å². The molecular weight excluding hydrogens is 376 g/mol. The van der Waals surface area contributed by atoms with Crippen molar-refractivity contribution < 1.29 is 4.74 Å². The Bertz CT molecular complexity index is 765. The maximum atomic E-state index is 6.51. The molecule has 0 N–H and O–H groups in total. The molecule has 6 fully saturated rings. The molecule has 31 heavy (non-hydrogen) atoms. The van der Waals surface area contributed by atoms with E-state index in [1.54, 1.807) is 11.1 Å². The van der Waals surface area contributed by atoms with Crippen molar-refractivity contribution in [3.63, 3.8) is 0 Å². The first-order chi connectivity index (χ1) is 14.8. The van der Waals surface area contributed by atoms with E-state index in [9.17, 15) is 0 Å². The van der Waals surface area contributed by atoms with E-state index in [-0.39, 0.29) is 0 Å². The third-order valence-corrected chi connectivity index (χ3v) is 12.3. The zero-order valence-electron chi connectivity index (χ0n) is 21.1. The fourth-order valence-corrected chi connectivity index (χ4v) is 10.5. The summed E-state index contributed by atoms with van der Waals surface area (Å²) in [6.07, 6.45) is 11.7. The van der Waals surface area contributed by atoms with E-state index in [1.165, 1.54) is 51.4 Å². The SMILES string of the molecule is C/C(COC/C(C)=C1/[C@@H]2[C@H](C)CC[C@@H]2[C@@]2(C)CC[C@@H]12)=C1\[C@@H]2[C@H](C)CC[C@@H]2[C@@]2(C)CC[C@@H]12. The summed E-state index contributed by atoms with van der Waals surface area (Å²) in [5, 5.41) is 0. The van der Waals surface area contributed by atoms with Crippen molar-refractivity contribution in [2.24, 2.45) is 58.2 Å². The van der Waals surface area contributed by atoms with Crippen molar-refractivity contribution in [2.45, 2.75) is 92.9 Å². The van der Waals surface area contributed by atoms with Gasteiger partial charge in [0, 0.05) is 0 Å². The van der Waals surface area contributed by atoms with Crippen LogP contribution >= 0.6 is 0 Å². The summed E-state index contributed by atoms with van der Waals surface area (Å²) in [6.45, 7) is 16.8. The van der Waals surface area contributed by atoms with Gasteiger partial charge in [0.05, 0.1) is 13.2 Å². The third kappa shape index (κ3) is 2.65. The molecular formula is C30H46O. The Hall–Kier alpha value is -0.560. The molecule has 1 heteroatoms. The highest BCUT2D eigenvalue weighted by molar-refractivity contribution is 5.35. The van der Waals surface area contributed by atoms with Gasteiger partial charge in [-0.05, 0) is 135 Å². The molecule has 6 aliphatic rings. The number of allylic oxidation sites excluding steroid dienone is 2. The Morgan fingerprint density at radius 3 is 1.48 bits per heavy atom. The van der Waals surface area contributed by atoms with Gasteiger partial charge in [-0.3, -0.25) is 0 Å². The maximum Gasteiger partial charge on any atom is 0.0681 e. The number of rotatable bonds is 4. The normalized spacial score (nSPS) is 55.2. The molecule has 0 spiro atoms. The van der Waals surface area contributed by atoms with Gasteiger partial charge in [-0.1, -0.05) is 38.8 Å². The van der Waals surface area contributed by atoms with Crippen molar-refractivity contribution in [1.29, 1.82) is 0 Å². The summed E-state index contributed by atoms with van der Waals surface area (Å²) >= 11 is 0. The Kier molecular flexibility index (Phi) is 4.72. The summed E-state index contributed by atoms with van der Waals surface area (Å²) in [6, 6.07) is 0. The molecule has 1 nitrogen and oxygen atoms in total. The second-order valence-corrected chi connectivity index (χ2v) is 13.5. The molecule has 0 bridgehead atoms.